The van der Waals surface area contributed by atoms with Crippen molar-refractivity contribution in [2.75, 3.05) is 13.2 Å². The standard InChI is InChI=1S/C22H23NO4/c24-20(25)22-12-21(13-22,27-19(22)17-4-2-1-3-5-17)14-23-11-15-6-7-16-8-9-26-18(16)10-15/h1-7,10,19,23H,8-9,11-14H2,(H,24,25). The molecule has 0 spiro atoms. The van der Waals surface area contributed by atoms with Crippen LogP contribution in [0, 0.1) is 5.41 Å². The van der Waals surface area contributed by atoms with E-state index in [9.17, 15) is 9.90 Å². The Labute approximate surface area is 158 Å². The van der Waals surface area contributed by atoms with Crippen LogP contribution < -0.4 is 10.1 Å². The molecule has 1 unspecified atom stereocenters. The maximum absolute atomic E-state index is 12.0. The largest absolute Gasteiger partial charge is 0.493 e. The van der Waals surface area contributed by atoms with E-state index in [1.165, 1.54) is 11.1 Å². The van der Waals surface area contributed by atoms with Crippen molar-refractivity contribution in [3.63, 3.8) is 0 Å². The Kier molecular flexibility index (Phi) is 3.78. The first-order valence-electron chi connectivity index (χ1n) is 9.52. The summed E-state index contributed by atoms with van der Waals surface area (Å²) in [7, 11) is 0. The van der Waals surface area contributed by atoms with Crippen LogP contribution in [0.3, 0.4) is 0 Å². The molecule has 3 heterocycles. The summed E-state index contributed by atoms with van der Waals surface area (Å²) < 4.78 is 11.9. The van der Waals surface area contributed by atoms with E-state index in [-0.39, 0.29) is 11.7 Å². The molecule has 1 atom stereocenters. The molecular formula is C22H23NO4. The molecule has 5 heteroatoms. The molecule has 0 amide bonds. The van der Waals surface area contributed by atoms with E-state index in [4.69, 9.17) is 9.47 Å². The lowest BCUT2D eigenvalue weighted by Gasteiger charge is -2.42. The van der Waals surface area contributed by atoms with Crippen molar-refractivity contribution < 1.29 is 19.4 Å². The van der Waals surface area contributed by atoms with E-state index >= 15 is 0 Å². The number of nitrogens with one attached hydrogen (secondary N) is 1. The zero-order valence-electron chi connectivity index (χ0n) is 15.1. The highest BCUT2D eigenvalue weighted by Gasteiger charge is 2.71. The molecule has 27 heavy (non-hydrogen) atoms. The highest BCUT2D eigenvalue weighted by Crippen LogP contribution is 2.67. The Morgan fingerprint density at radius 2 is 2.00 bits per heavy atom. The highest BCUT2D eigenvalue weighted by molar-refractivity contribution is 5.79. The van der Waals surface area contributed by atoms with Gasteiger partial charge in [-0.3, -0.25) is 4.79 Å². The Morgan fingerprint density at radius 1 is 1.19 bits per heavy atom. The minimum Gasteiger partial charge on any atom is -0.493 e. The number of fused-ring (bicyclic) bond motifs is 2. The van der Waals surface area contributed by atoms with Crippen LogP contribution in [0.4, 0.5) is 0 Å². The zero-order chi connectivity index (χ0) is 18.5. The van der Waals surface area contributed by atoms with Gasteiger partial charge < -0.3 is 19.9 Å². The van der Waals surface area contributed by atoms with Gasteiger partial charge in [0.25, 0.3) is 0 Å². The molecular weight excluding hydrogens is 342 g/mol. The predicted octanol–water partition coefficient (Wildman–Crippen LogP) is 3.09. The van der Waals surface area contributed by atoms with Crippen LogP contribution in [0.15, 0.2) is 48.5 Å². The van der Waals surface area contributed by atoms with Gasteiger partial charge in [-0.15, -0.1) is 0 Å². The van der Waals surface area contributed by atoms with Crippen molar-refractivity contribution in [1.82, 2.24) is 5.32 Å². The molecule has 140 valence electrons. The van der Waals surface area contributed by atoms with Crippen molar-refractivity contribution in [3.8, 4) is 5.75 Å². The summed E-state index contributed by atoms with van der Waals surface area (Å²) in [4.78, 5) is 12.0. The number of benzene rings is 2. The molecule has 5 nitrogen and oxygen atoms in total. The molecule has 2 aromatic rings. The summed E-state index contributed by atoms with van der Waals surface area (Å²) in [5, 5.41) is 13.3. The first kappa shape index (κ1) is 16.8. The maximum Gasteiger partial charge on any atom is 0.312 e. The first-order valence-corrected chi connectivity index (χ1v) is 9.52. The molecule has 1 aliphatic carbocycles. The average molecular weight is 365 g/mol. The van der Waals surface area contributed by atoms with E-state index < -0.39 is 11.4 Å². The number of carbonyl (C=O) groups is 1. The van der Waals surface area contributed by atoms with Crippen molar-refractivity contribution >= 4 is 5.97 Å². The number of hydrogen-bond donors (Lipinski definition) is 2. The van der Waals surface area contributed by atoms with Gasteiger partial charge in [0.05, 0.1) is 18.3 Å². The van der Waals surface area contributed by atoms with Gasteiger partial charge in [0.1, 0.15) is 11.2 Å². The lowest BCUT2D eigenvalue weighted by Crippen LogP contribution is -2.53. The zero-order valence-corrected chi connectivity index (χ0v) is 15.1. The van der Waals surface area contributed by atoms with Crippen LogP contribution in [-0.2, 0) is 22.5 Å². The van der Waals surface area contributed by atoms with Crippen molar-refractivity contribution in [2.45, 2.75) is 37.5 Å². The third-order valence-corrected chi connectivity index (χ3v) is 6.21. The molecule has 3 fully saturated rings. The summed E-state index contributed by atoms with van der Waals surface area (Å²) in [5.41, 5.74) is 2.23. The molecule has 2 bridgehead atoms. The molecule has 1 saturated carbocycles. The summed E-state index contributed by atoms with van der Waals surface area (Å²) in [6.45, 7) is 2.14. The first-order chi connectivity index (χ1) is 13.1. The molecule has 0 radical (unpaired) electrons. The second kappa shape index (κ2) is 6.08. The van der Waals surface area contributed by atoms with Crippen LogP contribution in [0.2, 0.25) is 0 Å². The third kappa shape index (κ3) is 2.65. The van der Waals surface area contributed by atoms with Gasteiger partial charge in [-0.1, -0.05) is 42.5 Å². The van der Waals surface area contributed by atoms with Crippen molar-refractivity contribution in [1.29, 1.82) is 0 Å². The van der Waals surface area contributed by atoms with Gasteiger partial charge in [-0.25, -0.2) is 0 Å². The monoisotopic (exact) mass is 365 g/mol. The van der Waals surface area contributed by atoms with Crippen LogP contribution in [0.25, 0.3) is 0 Å². The van der Waals surface area contributed by atoms with E-state index in [2.05, 4.69) is 23.5 Å². The smallest absolute Gasteiger partial charge is 0.312 e. The molecule has 6 rings (SSSR count). The minimum absolute atomic E-state index is 0.369. The van der Waals surface area contributed by atoms with E-state index in [0.29, 0.717) is 19.4 Å². The lowest BCUT2D eigenvalue weighted by atomic mass is 9.59. The highest BCUT2D eigenvalue weighted by atomic mass is 16.5. The molecule has 0 aromatic heterocycles. The molecule has 2 saturated heterocycles. The fourth-order valence-electron chi connectivity index (χ4n) is 4.93. The number of carboxylic acids is 1. The SMILES string of the molecule is O=C(O)C12CC(CNCc3ccc4c(c3)OCC4)(C1)OC2c1ccccc1. The summed E-state index contributed by atoms with van der Waals surface area (Å²) in [6, 6.07) is 16.1. The van der Waals surface area contributed by atoms with Crippen LogP contribution >= 0.6 is 0 Å². The van der Waals surface area contributed by atoms with Crippen LogP contribution in [0.1, 0.15) is 35.6 Å². The van der Waals surface area contributed by atoms with Crippen molar-refractivity contribution in [3.05, 3.63) is 65.2 Å². The second-order valence-corrected chi connectivity index (χ2v) is 8.05. The molecule has 2 N–H and O–H groups in total. The summed E-state index contributed by atoms with van der Waals surface area (Å²) >= 11 is 0. The van der Waals surface area contributed by atoms with E-state index in [1.807, 2.05) is 30.3 Å². The third-order valence-electron chi connectivity index (χ3n) is 6.21. The van der Waals surface area contributed by atoms with Gasteiger partial charge >= 0.3 is 5.97 Å². The topological polar surface area (TPSA) is 67.8 Å². The molecule has 4 aliphatic rings. The predicted molar refractivity (Wildman–Crippen MR) is 99.6 cm³/mol. The van der Waals surface area contributed by atoms with Gasteiger partial charge in [-0.2, -0.15) is 0 Å². The second-order valence-electron chi connectivity index (χ2n) is 8.05. The summed E-state index contributed by atoms with van der Waals surface area (Å²) in [6.07, 6.45) is 1.74. The Bertz CT molecular complexity index is 873. The fourth-order valence-corrected chi connectivity index (χ4v) is 4.93. The fraction of sp³-hybridized carbons (Fsp3) is 0.409. The number of ether oxygens (including phenoxy) is 2. The van der Waals surface area contributed by atoms with Gasteiger partial charge in [-0.05, 0) is 35.6 Å². The Hall–Kier alpha value is -2.37. The van der Waals surface area contributed by atoms with Gasteiger partial charge in [0.15, 0.2) is 0 Å². The number of aliphatic carboxylic acids is 1. The average Bonchev–Trinajstić information content (AvgIpc) is 3.32. The minimum atomic E-state index is -0.787. The van der Waals surface area contributed by atoms with E-state index in [1.54, 1.807) is 0 Å². The lowest BCUT2D eigenvalue weighted by molar-refractivity contribution is -0.155. The Morgan fingerprint density at radius 3 is 2.78 bits per heavy atom. The Balaban J connectivity index is 1.26. The number of carboxylic acid groups (broad SMARTS) is 1. The summed E-state index contributed by atoms with van der Waals surface area (Å²) in [5.74, 6) is 0.238. The van der Waals surface area contributed by atoms with Crippen molar-refractivity contribution in [2.24, 2.45) is 5.41 Å². The van der Waals surface area contributed by atoms with Crippen LogP contribution in [-0.4, -0.2) is 29.8 Å². The van der Waals surface area contributed by atoms with E-state index in [0.717, 1.165) is 30.9 Å². The quantitative estimate of drug-likeness (QED) is 0.823. The molecule has 2 aromatic carbocycles. The molecule has 3 aliphatic heterocycles. The number of hydrogen-bond acceptors (Lipinski definition) is 4. The van der Waals surface area contributed by atoms with Crippen LogP contribution in [0.5, 0.6) is 5.75 Å². The number of rotatable bonds is 6. The van der Waals surface area contributed by atoms with Gasteiger partial charge in [0, 0.05) is 19.5 Å². The normalized spacial score (nSPS) is 30.4. The maximum atomic E-state index is 12.0. The van der Waals surface area contributed by atoms with Gasteiger partial charge in [0.2, 0.25) is 0 Å².